The first-order valence-corrected chi connectivity index (χ1v) is 8.19. The van der Waals surface area contributed by atoms with Crippen molar-refractivity contribution in [3.63, 3.8) is 0 Å². The average molecular weight is 334 g/mol. The smallest absolute Gasteiger partial charge is 0.339 e. The van der Waals surface area contributed by atoms with Crippen LogP contribution in [0.1, 0.15) is 22.8 Å². The van der Waals surface area contributed by atoms with Gasteiger partial charge in [0, 0.05) is 17.0 Å². The van der Waals surface area contributed by atoms with E-state index in [-0.39, 0.29) is 5.97 Å². The molecule has 0 saturated heterocycles. The zero-order valence-corrected chi connectivity index (χ0v) is 14.4. The summed E-state index contributed by atoms with van der Waals surface area (Å²) in [5.41, 5.74) is 4.17. The lowest BCUT2D eigenvalue weighted by Gasteiger charge is -2.14. The third-order valence-electron chi connectivity index (χ3n) is 4.51. The lowest BCUT2D eigenvalue weighted by molar-refractivity contribution is 0.0528. The SMILES string of the molecule is CCOC(=O)c1c(C)c2cc3cccnc3n2c2ccc(OC)cc12. The number of esters is 1. The maximum atomic E-state index is 12.7. The van der Waals surface area contributed by atoms with Gasteiger partial charge in [-0.15, -0.1) is 0 Å². The molecule has 0 atom stereocenters. The highest BCUT2D eigenvalue weighted by atomic mass is 16.5. The zero-order chi connectivity index (χ0) is 17.6. The van der Waals surface area contributed by atoms with E-state index < -0.39 is 0 Å². The Labute approximate surface area is 144 Å². The number of hydrogen-bond acceptors (Lipinski definition) is 4. The van der Waals surface area contributed by atoms with Gasteiger partial charge in [-0.1, -0.05) is 0 Å². The van der Waals surface area contributed by atoms with Crippen LogP contribution in [0.5, 0.6) is 5.75 Å². The van der Waals surface area contributed by atoms with Crippen LogP contribution in [-0.2, 0) is 4.74 Å². The van der Waals surface area contributed by atoms with Crippen molar-refractivity contribution in [3.8, 4) is 5.75 Å². The third kappa shape index (κ3) is 2.23. The van der Waals surface area contributed by atoms with Gasteiger partial charge in [-0.3, -0.25) is 4.40 Å². The minimum Gasteiger partial charge on any atom is -0.497 e. The molecule has 0 fully saturated rings. The highest BCUT2D eigenvalue weighted by Gasteiger charge is 2.21. The first kappa shape index (κ1) is 15.4. The Kier molecular flexibility index (Phi) is 3.57. The van der Waals surface area contributed by atoms with Crippen molar-refractivity contribution in [2.24, 2.45) is 0 Å². The second-order valence-electron chi connectivity index (χ2n) is 5.88. The van der Waals surface area contributed by atoms with E-state index in [4.69, 9.17) is 9.47 Å². The number of fused-ring (bicyclic) bond motifs is 5. The normalized spacial score (nSPS) is 11.3. The molecule has 0 spiro atoms. The summed E-state index contributed by atoms with van der Waals surface area (Å²) in [7, 11) is 1.61. The monoisotopic (exact) mass is 334 g/mol. The average Bonchev–Trinajstić information content (AvgIpc) is 3.02. The molecule has 0 radical (unpaired) electrons. The van der Waals surface area contributed by atoms with Gasteiger partial charge in [-0.2, -0.15) is 0 Å². The Bertz CT molecular complexity index is 1130. The molecular formula is C20H18N2O3. The van der Waals surface area contributed by atoms with Crippen molar-refractivity contribution in [1.82, 2.24) is 9.38 Å². The van der Waals surface area contributed by atoms with Gasteiger partial charge >= 0.3 is 5.97 Å². The van der Waals surface area contributed by atoms with E-state index in [1.54, 1.807) is 13.3 Å². The maximum Gasteiger partial charge on any atom is 0.339 e. The summed E-state index contributed by atoms with van der Waals surface area (Å²) in [6, 6.07) is 11.7. The van der Waals surface area contributed by atoms with Gasteiger partial charge < -0.3 is 9.47 Å². The van der Waals surface area contributed by atoms with E-state index in [2.05, 4.69) is 15.5 Å². The van der Waals surface area contributed by atoms with E-state index in [1.807, 2.05) is 44.2 Å². The topological polar surface area (TPSA) is 52.8 Å². The first-order chi connectivity index (χ1) is 12.2. The van der Waals surface area contributed by atoms with Crippen LogP contribution >= 0.6 is 0 Å². The second kappa shape index (κ2) is 5.77. The van der Waals surface area contributed by atoms with Crippen LogP contribution in [0.4, 0.5) is 0 Å². The summed E-state index contributed by atoms with van der Waals surface area (Å²) in [6.07, 6.45) is 1.78. The number of carbonyl (C=O) groups is 1. The molecule has 3 aromatic heterocycles. The number of pyridine rings is 2. The molecule has 126 valence electrons. The number of rotatable bonds is 3. The fraction of sp³-hybridized carbons (Fsp3) is 0.200. The van der Waals surface area contributed by atoms with Gasteiger partial charge in [0.25, 0.3) is 0 Å². The van der Waals surface area contributed by atoms with Crippen LogP contribution in [0.25, 0.3) is 27.5 Å². The Morgan fingerprint density at radius 1 is 1.20 bits per heavy atom. The van der Waals surface area contributed by atoms with E-state index in [1.165, 1.54) is 0 Å². The summed E-state index contributed by atoms with van der Waals surface area (Å²) in [4.78, 5) is 17.2. The van der Waals surface area contributed by atoms with Crippen molar-refractivity contribution in [2.45, 2.75) is 13.8 Å². The van der Waals surface area contributed by atoms with Crippen LogP contribution in [0, 0.1) is 6.92 Å². The van der Waals surface area contributed by atoms with Gasteiger partial charge in [0.15, 0.2) is 0 Å². The number of methoxy groups -OCH3 is 1. The van der Waals surface area contributed by atoms with Crippen LogP contribution in [-0.4, -0.2) is 29.1 Å². The van der Waals surface area contributed by atoms with Crippen molar-refractivity contribution < 1.29 is 14.3 Å². The van der Waals surface area contributed by atoms with Gasteiger partial charge in [-0.25, -0.2) is 9.78 Å². The van der Waals surface area contributed by atoms with E-state index in [9.17, 15) is 4.79 Å². The molecule has 0 N–H and O–H groups in total. The summed E-state index contributed by atoms with van der Waals surface area (Å²) < 4.78 is 12.8. The fourth-order valence-corrected chi connectivity index (χ4v) is 3.39. The second-order valence-corrected chi connectivity index (χ2v) is 5.88. The van der Waals surface area contributed by atoms with E-state index >= 15 is 0 Å². The molecule has 0 aliphatic carbocycles. The molecule has 1 aromatic carbocycles. The van der Waals surface area contributed by atoms with Gasteiger partial charge in [0.1, 0.15) is 11.4 Å². The lowest BCUT2D eigenvalue weighted by Crippen LogP contribution is -2.09. The molecule has 5 nitrogen and oxygen atoms in total. The molecule has 0 aliphatic rings. The number of carbonyl (C=O) groups excluding carboxylic acids is 1. The van der Waals surface area contributed by atoms with Crippen LogP contribution < -0.4 is 4.74 Å². The number of ether oxygens (including phenoxy) is 2. The van der Waals surface area contributed by atoms with Gasteiger partial charge in [0.05, 0.1) is 30.3 Å². The minimum absolute atomic E-state index is 0.320. The molecule has 5 heteroatoms. The number of nitrogens with zero attached hydrogens (tertiary/aromatic N) is 2. The van der Waals surface area contributed by atoms with Crippen LogP contribution in [0.2, 0.25) is 0 Å². The molecule has 3 heterocycles. The number of hydrogen-bond donors (Lipinski definition) is 0. The van der Waals surface area contributed by atoms with Crippen molar-refractivity contribution in [1.29, 1.82) is 0 Å². The summed E-state index contributed by atoms with van der Waals surface area (Å²) >= 11 is 0. The molecule has 4 rings (SSSR count). The summed E-state index contributed by atoms with van der Waals surface area (Å²) in [6.45, 7) is 4.09. The zero-order valence-electron chi connectivity index (χ0n) is 14.4. The summed E-state index contributed by atoms with van der Waals surface area (Å²) in [5, 5.41) is 1.83. The Balaban J connectivity index is 2.23. The quantitative estimate of drug-likeness (QED) is 0.529. The lowest BCUT2D eigenvalue weighted by atomic mass is 10.0. The Morgan fingerprint density at radius 2 is 2.04 bits per heavy atom. The Morgan fingerprint density at radius 3 is 2.80 bits per heavy atom. The van der Waals surface area contributed by atoms with E-state index in [0.717, 1.165) is 33.0 Å². The highest BCUT2D eigenvalue weighted by Crippen LogP contribution is 2.33. The molecule has 4 aromatic rings. The largest absolute Gasteiger partial charge is 0.497 e. The Hall–Kier alpha value is -3.08. The fourth-order valence-electron chi connectivity index (χ4n) is 3.39. The third-order valence-corrected chi connectivity index (χ3v) is 4.51. The predicted octanol–water partition coefficient (Wildman–Crippen LogP) is 4.13. The maximum absolute atomic E-state index is 12.7. The molecule has 25 heavy (non-hydrogen) atoms. The minimum atomic E-state index is -0.320. The number of aromatic nitrogens is 2. The molecule has 0 unspecified atom stereocenters. The van der Waals surface area contributed by atoms with Crippen molar-refractivity contribution in [3.05, 3.63) is 53.7 Å². The predicted molar refractivity (Wildman–Crippen MR) is 97.4 cm³/mol. The molecule has 0 saturated carbocycles. The molecule has 0 amide bonds. The summed E-state index contributed by atoms with van der Waals surface area (Å²) in [5.74, 6) is 0.375. The van der Waals surface area contributed by atoms with Gasteiger partial charge in [0.2, 0.25) is 0 Å². The van der Waals surface area contributed by atoms with E-state index in [0.29, 0.717) is 17.9 Å². The molecule has 0 bridgehead atoms. The molecular weight excluding hydrogens is 316 g/mol. The van der Waals surface area contributed by atoms with Crippen LogP contribution in [0.15, 0.2) is 42.6 Å². The highest BCUT2D eigenvalue weighted by molar-refractivity contribution is 6.09. The van der Waals surface area contributed by atoms with Crippen molar-refractivity contribution >= 4 is 33.4 Å². The van der Waals surface area contributed by atoms with Crippen LogP contribution in [0.3, 0.4) is 0 Å². The number of aryl methyl sites for hydroxylation is 1. The van der Waals surface area contributed by atoms with Crippen molar-refractivity contribution in [2.75, 3.05) is 13.7 Å². The standard InChI is InChI=1S/C20H18N2O3/c1-4-25-20(23)18-12(2)17-10-13-6-5-9-21-19(13)22(17)16-8-7-14(24-3)11-15(16)18/h5-11H,4H2,1-3H3. The number of benzene rings is 1. The van der Waals surface area contributed by atoms with Gasteiger partial charge in [-0.05, 0) is 55.8 Å². The molecule has 0 aliphatic heterocycles. The first-order valence-electron chi connectivity index (χ1n) is 8.19.